The predicted octanol–water partition coefficient (Wildman–Crippen LogP) is 1.79. The van der Waals surface area contributed by atoms with Crippen LogP contribution in [0.1, 0.15) is 30.2 Å². The van der Waals surface area contributed by atoms with Gasteiger partial charge in [0.2, 0.25) is 5.91 Å². The lowest BCUT2D eigenvalue weighted by Crippen LogP contribution is -2.44. The molecule has 0 bridgehead atoms. The first-order valence-electron chi connectivity index (χ1n) is 6.99. The molecule has 5 heteroatoms. The summed E-state index contributed by atoms with van der Waals surface area (Å²) < 4.78 is 5.77. The highest BCUT2D eigenvalue weighted by Gasteiger charge is 2.28. The van der Waals surface area contributed by atoms with Crippen LogP contribution >= 0.6 is 11.3 Å². The Morgan fingerprint density at radius 3 is 3.26 bits per heavy atom. The SMILES string of the molecule is O=C(CC1CCCN1)N1CCOC(c2cccs2)C1. The summed E-state index contributed by atoms with van der Waals surface area (Å²) in [6.45, 7) is 3.13. The number of carbonyl (C=O) groups excluding carboxylic acids is 1. The third-order valence-corrected chi connectivity index (χ3v) is 4.83. The molecule has 1 aromatic heterocycles. The van der Waals surface area contributed by atoms with E-state index in [0.29, 0.717) is 25.6 Å². The summed E-state index contributed by atoms with van der Waals surface area (Å²) in [4.78, 5) is 15.5. The second kappa shape index (κ2) is 6.03. The van der Waals surface area contributed by atoms with Crippen molar-refractivity contribution in [3.8, 4) is 0 Å². The molecule has 0 radical (unpaired) electrons. The number of ether oxygens (including phenoxy) is 1. The van der Waals surface area contributed by atoms with E-state index in [1.807, 2.05) is 11.0 Å². The third kappa shape index (κ3) is 3.16. The van der Waals surface area contributed by atoms with Crippen LogP contribution in [0.5, 0.6) is 0 Å². The molecule has 2 fully saturated rings. The van der Waals surface area contributed by atoms with E-state index >= 15 is 0 Å². The van der Waals surface area contributed by atoms with Gasteiger partial charge in [0, 0.05) is 23.9 Å². The fourth-order valence-corrected chi connectivity index (χ4v) is 3.56. The molecule has 2 atom stereocenters. The quantitative estimate of drug-likeness (QED) is 0.918. The molecule has 3 rings (SSSR count). The molecule has 19 heavy (non-hydrogen) atoms. The molecule has 4 nitrogen and oxygen atoms in total. The topological polar surface area (TPSA) is 41.6 Å². The first-order valence-corrected chi connectivity index (χ1v) is 7.87. The molecule has 2 aliphatic heterocycles. The highest BCUT2D eigenvalue weighted by atomic mass is 32.1. The van der Waals surface area contributed by atoms with Crippen LogP contribution in [-0.4, -0.2) is 43.1 Å². The molecule has 2 saturated heterocycles. The van der Waals surface area contributed by atoms with Gasteiger partial charge in [0.05, 0.1) is 13.2 Å². The molecule has 1 aromatic rings. The molecular weight excluding hydrogens is 260 g/mol. The molecular formula is C14H20N2O2S. The summed E-state index contributed by atoms with van der Waals surface area (Å²) >= 11 is 1.70. The Labute approximate surface area is 117 Å². The Hall–Kier alpha value is -0.910. The van der Waals surface area contributed by atoms with E-state index in [9.17, 15) is 4.79 Å². The Morgan fingerprint density at radius 2 is 2.53 bits per heavy atom. The van der Waals surface area contributed by atoms with E-state index < -0.39 is 0 Å². The van der Waals surface area contributed by atoms with Crippen LogP contribution in [0.3, 0.4) is 0 Å². The monoisotopic (exact) mass is 280 g/mol. The van der Waals surface area contributed by atoms with Crippen molar-refractivity contribution in [1.29, 1.82) is 0 Å². The fourth-order valence-electron chi connectivity index (χ4n) is 2.79. The average Bonchev–Trinajstić information content (AvgIpc) is 3.12. The highest BCUT2D eigenvalue weighted by Crippen LogP contribution is 2.26. The smallest absolute Gasteiger partial charge is 0.224 e. The molecule has 0 saturated carbocycles. The van der Waals surface area contributed by atoms with Crippen LogP contribution in [0.25, 0.3) is 0 Å². The zero-order valence-electron chi connectivity index (χ0n) is 11.0. The van der Waals surface area contributed by atoms with Gasteiger partial charge in [-0.15, -0.1) is 11.3 Å². The van der Waals surface area contributed by atoms with Gasteiger partial charge in [-0.25, -0.2) is 0 Å². The lowest BCUT2D eigenvalue weighted by Gasteiger charge is -2.33. The van der Waals surface area contributed by atoms with Gasteiger partial charge >= 0.3 is 0 Å². The molecule has 2 unspecified atom stereocenters. The first-order chi connectivity index (χ1) is 9.33. The van der Waals surface area contributed by atoms with Gasteiger partial charge in [-0.3, -0.25) is 4.79 Å². The lowest BCUT2D eigenvalue weighted by molar-refractivity contribution is -0.139. The summed E-state index contributed by atoms with van der Waals surface area (Å²) in [5.41, 5.74) is 0. The Bertz CT molecular complexity index is 415. The average molecular weight is 280 g/mol. The van der Waals surface area contributed by atoms with Crippen molar-refractivity contribution in [2.45, 2.75) is 31.4 Å². The van der Waals surface area contributed by atoms with Crippen molar-refractivity contribution < 1.29 is 9.53 Å². The van der Waals surface area contributed by atoms with Crippen LogP contribution in [-0.2, 0) is 9.53 Å². The van der Waals surface area contributed by atoms with Gasteiger partial charge < -0.3 is 15.0 Å². The number of morpholine rings is 1. The maximum absolute atomic E-state index is 12.3. The number of nitrogens with zero attached hydrogens (tertiary/aromatic N) is 1. The number of rotatable bonds is 3. The number of nitrogens with one attached hydrogen (secondary N) is 1. The van der Waals surface area contributed by atoms with Crippen LogP contribution in [0.2, 0.25) is 0 Å². The molecule has 3 heterocycles. The van der Waals surface area contributed by atoms with Gasteiger partial charge in [-0.1, -0.05) is 6.07 Å². The van der Waals surface area contributed by atoms with Crippen molar-refractivity contribution in [2.24, 2.45) is 0 Å². The number of thiophene rings is 1. The zero-order valence-corrected chi connectivity index (χ0v) is 11.8. The normalized spacial score (nSPS) is 27.7. The number of carbonyl (C=O) groups is 1. The van der Waals surface area contributed by atoms with Crippen LogP contribution in [0.4, 0.5) is 0 Å². The molecule has 1 amide bonds. The molecule has 0 spiro atoms. The largest absolute Gasteiger partial charge is 0.369 e. The number of amides is 1. The molecule has 104 valence electrons. The van der Waals surface area contributed by atoms with Crippen molar-refractivity contribution in [1.82, 2.24) is 10.2 Å². The van der Waals surface area contributed by atoms with Crippen LogP contribution in [0.15, 0.2) is 17.5 Å². The predicted molar refractivity (Wildman–Crippen MR) is 75.2 cm³/mol. The first kappa shape index (κ1) is 13.1. The molecule has 1 N–H and O–H groups in total. The molecule has 0 aliphatic carbocycles. The maximum atomic E-state index is 12.3. The fraction of sp³-hybridized carbons (Fsp3) is 0.643. The van der Waals surface area contributed by atoms with Crippen LogP contribution < -0.4 is 5.32 Å². The third-order valence-electron chi connectivity index (χ3n) is 3.86. The number of hydrogen-bond acceptors (Lipinski definition) is 4. The summed E-state index contributed by atoms with van der Waals surface area (Å²) in [7, 11) is 0. The number of hydrogen-bond donors (Lipinski definition) is 1. The Kier molecular flexibility index (Phi) is 4.15. The van der Waals surface area contributed by atoms with Gasteiger partial charge in [0.1, 0.15) is 6.10 Å². The summed E-state index contributed by atoms with van der Waals surface area (Å²) in [5, 5.41) is 5.45. The Balaban J connectivity index is 1.56. The molecule has 2 aliphatic rings. The second-order valence-electron chi connectivity index (χ2n) is 5.21. The Morgan fingerprint density at radius 1 is 1.58 bits per heavy atom. The zero-order chi connectivity index (χ0) is 13.1. The summed E-state index contributed by atoms with van der Waals surface area (Å²) in [6, 6.07) is 4.50. The lowest BCUT2D eigenvalue weighted by atomic mass is 10.1. The minimum Gasteiger partial charge on any atom is -0.369 e. The highest BCUT2D eigenvalue weighted by molar-refractivity contribution is 7.10. The van der Waals surface area contributed by atoms with E-state index in [2.05, 4.69) is 16.8 Å². The van der Waals surface area contributed by atoms with Crippen molar-refractivity contribution >= 4 is 17.2 Å². The standard InChI is InChI=1S/C14H20N2O2S/c17-14(9-11-3-1-5-15-11)16-6-7-18-12(10-16)13-4-2-8-19-13/h2,4,8,11-12,15H,1,3,5-7,9-10H2. The van der Waals surface area contributed by atoms with Gasteiger partial charge in [0.15, 0.2) is 0 Å². The van der Waals surface area contributed by atoms with Crippen molar-refractivity contribution in [3.63, 3.8) is 0 Å². The minimum atomic E-state index is 0.0641. The van der Waals surface area contributed by atoms with Gasteiger partial charge in [-0.05, 0) is 30.8 Å². The van der Waals surface area contributed by atoms with E-state index in [0.717, 1.165) is 19.5 Å². The van der Waals surface area contributed by atoms with Gasteiger partial charge in [0.25, 0.3) is 0 Å². The summed E-state index contributed by atoms with van der Waals surface area (Å²) in [5.74, 6) is 0.268. The maximum Gasteiger partial charge on any atom is 0.224 e. The van der Waals surface area contributed by atoms with Crippen molar-refractivity contribution in [2.75, 3.05) is 26.2 Å². The summed E-state index contributed by atoms with van der Waals surface area (Å²) in [6.07, 6.45) is 3.02. The second-order valence-corrected chi connectivity index (χ2v) is 6.19. The van der Waals surface area contributed by atoms with Crippen molar-refractivity contribution in [3.05, 3.63) is 22.4 Å². The van der Waals surface area contributed by atoms with E-state index in [-0.39, 0.29) is 12.0 Å². The van der Waals surface area contributed by atoms with E-state index in [1.54, 1.807) is 11.3 Å². The molecule has 0 aromatic carbocycles. The minimum absolute atomic E-state index is 0.0641. The van der Waals surface area contributed by atoms with E-state index in [1.165, 1.54) is 11.3 Å². The van der Waals surface area contributed by atoms with Crippen LogP contribution in [0, 0.1) is 0 Å². The van der Waals surface area contributed by atoms with Gasteiger partial charge in [-0.2, -0.15) is 0 Å². The van der Waals surface area contributed by atoms with E-state index in [4.69, 9.17) is 4.74 Å².